The molecule has 0 amide bonds. The molecule has 0 atom stereocenters. The highest BCUT2D eigenvalue weighted by Gasteiger charge is 2.51. The first-order valence-corrected chi connectivity index (χ1v) is 11.7. The van der Waals surface area contributed by atoms with Crippen molar-refractivity contribution in [2.45, 2.75) is 55.9 Å². The minimum Gasteiger partial charge on any atom is -0.261 e. The van der Waals surface area contributed by atoms with Crippen LogP contribution in [-0.4, -0.2) is 29.5 Å². The lowest BCUT2D eigenvalue weighted by atomic mass is 9.56. The van der Waals surface area contributed by atoms with E-state index in [0.717, 1.165) is 50.6 Å². The molecule has 5 nitrogen and oxygen atoms in total. The molecular formula is C20H23N5S2. The Balaban J connectivity index is 1.24. The average Bonchev–Trinajstić information content (AvgIpc) is 3.20. The number of hydrogen-bond acceptors (Lipinski definition) is 6. The Morgan fingerprint density at radius 2 is 1.85 bits per heavy atom. The van der Waals surface area contributed by atoms with E-state index in [4.69, 9.17) is 5.10 Å². The van der Waals surface area contributed by atoms with Gasteiger partial charge in [-0.15, -0.1) is 22.0 Å². The van der Waals surface area contributed by atoms with Crippen LogP contribution in [-0.2, 0) is 5.75 Å². The Bertz CT molecular complexity index is 954. The zero-order valence-electron chi connectivity index (χ0n) is 15.5. The number of rotatable bonds is 4. The summed E-state index contributed by atoms with van der Waals surface area (Å²) in [6.45, 7) is 2.00. The van der Waals surface area contributed by atoms with Crippen molar-refractivity contribution in [3.63, 3.8) is 0 Å². The van der Waals surface area contributed by atoms with E-state index in [9.17, 15) is 0 Å². The summed E-state index contributed by atoms with van der Waals surface area (Å²) in [5, 5.41) is 14.6. The van der Waals surface area contributed by atoms with Gasteiger partial charge in [0.1, 0.15) is 5.01 Å². The van der Waals surface area contributed by atoms with Gasteiger partial charge in [-0.25, -0.2) is 0 Å². The van der Waals surface area contributed by atoms with Crippen LogP contribution in [0.1, 0.15) is 50.0 Å². The lowest BCUT2D eigenvalue weighted by Gasteiger charge is -2.56. The second-order valence-electron chi connectivity index (χ2n) is 8.80. The van der Waals surface area contributed by atoms with Gasteiger partial charge in [0.2, 0.25) is 4.96 Å². The fourth-order valence-corrected chi connectivity index (χ4v) is 8.41. The van der Waals surface area contributed by atoms with E-state index in [-0.39, 0.29) is 0 Å². The van der Waals surface area contributed by atoms with Crippen LogP contribution >= 0.6 is 23.1 Å². The highest BCUT2D eigenvalue weighted by molar-refractivity contribution is 7.99. The molecule has 3 aromatic heterocycles. The SMILES string of the molecule is Cc1ccc(-c2nn3c(CSC45CC6CC(CC(C6)C4)C5)nnc3s2)cn1. The first-order chi connectivity index (χ1) is 13.2. The number of nitrogens with zero attached hydrogens (tertiary/aromatic N) is 5. The van der Waals surface area contributed by atoms with Gasteiger partial charge in [-0.05, 0) is 75.3 Å². The summed E-state index contributed by atoms with van der Waals surface area (Å²) in [5.41, 5.74) is 2.07. The maximum Gasteiger partial charge on any atom is 0.235 e. The van der Waals surface area contributed by atoms with Crippen LogP contribution in [0.4, 0.5) is 0 Å². The highest BCUT2D eigenvalue weighted by Crippen LogP contribution is 2.61. The van der Waals surface area contributed by atoms with Gasteiger partial charge < -0.3 is 0 Å². The molecule has 0 saturated heterocycles. The van der Waals surface area contributed by atoms with E-state index in [1.54, 1.807) is 11.3 Å². The molecular weight excluding hydrogens is 374 g/mol. The summed E-state index contributed by atoms with van der Waals surface area (Å²) >= 11 is 3.73. The molecule has 27 heavy (non-hydrogen) atoms. The molecule has 4 saturated carbocycles. The summed E-state index contributed by atoms with van der Waals surface area (Å²) in [4.78, 5) is 5.27. The van der Waals surface area contributed by atoms with Crippen molar-refractivity contribution in [1.29, 1.82) is 0 Å². The van der Waals surface area contributed by atoms with E-state index in [0.29, 0.717) is 4.75 Å². The molecule has 0 aromatic carbocycles. The molecule has 0 unspecified atom stereocenters. The number of aryl methyl sites for hydroxylation is 1. The van der Waals surface area contributed by atoms with Gasteiger partial charge in [-0.1, -0.05) is 11.3 Å². The van der Waals surface area contributed by atoms with Gasteiger partial charge in [-0.3, -0.25) is 4.98 Å². The largest absolute Gasteiger partial charge is 0.261 e. The lowest BCUT2D eigenvalue weighted by Crippen LogP contribution is -2.48. The van der Waals surface area contributed by atoms with Crippen molar-refractivity contribution in [3.05, 3.63) is 29.8 Å². The van der Waals surface area contributed by atoms with Crippen molar-refractivity contribution in [2.24, 2.45) is 17.8 Å². The molecule has 4 bridgehead atoms. The molecule has 0 aliphatic heterocycles. The molecule has 3 heterocycles. The molecule has 0 radical (unpaired) electrons. The Kier molecular flexibility index (Phi) is 3.67. The van der Waals surface area contributed by atoms with Crippen molar-refractivity contribution < 1.29 is 0 Å². The molecule has 7 heteroatoms. The molecule has 7 rings (SSSR count). The van der Waals surface area contributed by atoms with Gasteiger partial charge in [0.15, 0.2) is 5.82 Å². The Hall–Kier alpha value is -1.47. The number of hydrogen-bond donors (Lipinski definition) is 0. The second kappa shape index (κ2) is 6.01. The van der Waals surface area contributed by atoms with Crippen molar-refractivity contribution in [3.8, 4) is 10.6 Å². The Morgan fingerprint density at radius 3 is 2.52 bits per heavy atom. The molecule has 4 fully saturated rings. The predicted molar refractivity (Wildman–Crippen MR) is 109 cm³/mol. The third-order valence-corrected chi connectivity index (χ3v) is 9.17. The number of fused-ring (bicyclic) bond motifs is 1. The van der Waals surface area contributed by atoms with Crippen LogP contribution in [0.5, 0.6) is 0 Å². The topological polar surface area (TPSA) is 56.0 Å². The average molecular weight is 398 g/mol. The van der Waals surface area contributed by atoms with E-state index in [2.05, 4.69) is 33.0 Å². The van der Waals surface area contributed by atoms with Crippen molar-refractivity contribution in [2.75, 3.05) is 0 Å². The number of aromatic nitrogens is 5. The zero-order valence-corrected chi connectivity index (χ0v) is 17.1. The smallest absolute Gasteiger partial charge is 0.235 e. The van der Waals surface area contributed by atoms with Crippen LogP contribution in [0.2, 0.25) is 0 Å². The van der Waals surface area contributed by atoms with Gasteiger partial charge in [0.05, 0.1) is 5.75 Å². The Labute approximate surface area is 167 Å². The lowest BCUT2D eigenvalue weighted by molar-refractivity contribution is 0.0383. The van der Waals surface area contributed by atoms with Gasteiger partial charge in [0.25, 0.3) is 0 Å². The molecule has 140 valence electrons. The standard InChI is InChI=1S/C20H23N5S2/c1-12-2-3-16(10-21-12)18-24-25-17(22-23-19(25)27-18)11-26-20-7-13-4-14(8-20)6-15(5-13)9-20/h2-3,10,13-15H,4-9,11H2,1H3. The zero-order chi connectivity index (χ0) is 18.0. The monoisotopic (exact) mass is 397 g/mol. The maximum absolute atomic E-state index is 4.79. The van der Waals surface area contributed by atoms with Crippen LogP contribution < -0.4 is 0 Å². The van der Waals surface area contributed by atoms with Crippen LogP contribution in [0.15, 0.2) is 18.3 Å². The Morgan fingerprint density at radius 1 is 1.11 bits per heavy atom. The second-order valence-corrected chi connectivity index (χ2v) is 11.2. The summed E-state index contributed by atoms with van der Waals surface area (Å²) in [6.07, 6.45) is 10.6. The first kappa shape index (κ1) is 16.5. The first-order valence-electron chi connectivity index (χ1n) is 9.94. The van der Waals surface area contributed by atoms with Gasteiger partial charge in [0, 0.05) is 22.2 Å². The normalized spacial score (nSPS) is 31.8. The van der Waals surface area contributed by atoms with Crippen molar-refractivity contribution >= 4 is 28.1 Å². The van der Waals surface area contributed by atoms with E-state index in [1.165, 1.54) is 38.5 Å². The van der Waals surface area contributed by atoms with Crippen LogP contribution in [0.25, 0.3) is 15.5 Å². The van der Waals surface area contributed by atoms with Gasteiger partial charge in [-0.2, -0.15) is 9.61 Å². The van der Waals surface area contributed by atoms with E-state index < -0.39 is 0 Å². The minimum absolute atomic E-state index is 0.500. The molecule has 3 aromatic rings. The van der Waals surface area contributed by atoms with Crippen LogP contribution in [0.3, 0.4) is 0 Å². The summed E-state index contributed by atoms with van der Waals surface area (Å²) in [7, 11) is 0. The van der Waals surface area contributed by atoms with Gasteiger partial charge >= 0.3 is 0 Å². The molecule has 4 aliphatic rings. The summed E-state index contributed by atoms with van der Waals surface area (Å²) in [6, 6.07) is 4.11. The fourth-order valence-electron chi connectivity index (χ4n) is 5.88. The summed E-state index contributed by atoms with van der Waals surface area (Å²) in [5.74, 6) is 4.88. The quantitative estimate of drug-likeness (QED) is 0.635. The minimum atomic E-state index is 0.500. The maximum atomic E-state index is 4.79. The van der Waals surface area contributed by atoms with E-state index in [1.807, 2.05) is 23.7 Å². The third kappa shape index (κ3) is 2.81. The van der Waals surface area contributed by atoms with Crippen LogP contribution in [0, 0.1) is 24.7 Å². The number of thioether (sulfide) groups is 1. The highest BCUT2D eigenvalue weighted by atomic mass is 32.2. The number of pyridine rings is 1. The van der Waals surface area contributed by atoms with E-state index >= 15 is 0 Å². The van der Waals surface area contributed by atoms with Crippen molar-refractivity contribution in [1.82, 2.24) is 24.8 Å². The summed E-state index contributed by atoms with van der Waals surface area (Å²) < 4.78 is 2.45. The fraction of sp³-hybridized carbons (Fsp3) is 0.600. The molecule has 0 spiro atoms. The third-order valence-electron chi connectivity index (χ3n) is 6.70. The molecule has 4 aliphatic carbocycles. The molecule has 0 N–H and O–H groups in total. The predicted octanol–water partition coefficient (Wildman–Crippen LogP) is 4.76.